The molecule has 0 aliphatic carbocycles. The number of hydrogen-bond acceptors (Lipinski definition) is 2. The smallest absolute Gasteiger partial charge is 0.256 e. The van der Waals surface area contributed by atoms with E-state index in [2.05, 4.69) is 43.8 Å². The first-order valence-electron chi connectivity index (χ1n) is 6.03. The van der Waals surface area contributed by atoms with Gasteiger partial charge in [-0.05, 0) is 75.3 Å². The molecule has 0 saturated heterocycles. The topological polar surface area (TPSA) is 38.3 Å². The molecule has 2 aromatic carbocycles. The van der Waals surface area contributed by atoms with Crippen molar-refractivity contribution in [2.24, 2.45) is 0 Å². The van der Waals surface area contributed by atoms with E-state index in [1.807, 2.05) is 25.1 Å². The van der Waals surface area contributed by atoms with Gasteiger partial charge in [-0.15, -0.1) is 0 Å². The average Bonchev–Trinajstić information content (AvgIpc) is 2.45. The molecule has 0 heterocycles. The number of ether oxygens (including phenoxy) is 1. The third kappa shape index (κ3) is 3.90. The Morgan fingerprint density at radius 1 is 1.33 bits per heavy atom. The van der Waals surface area contributed by atoms with Crippen molar-refractivity contribution < 1.29 is 9.53 Å². The predicted molar refractivity (Wildman–Crippen MR) is 97.6 cm³/mol. The highest BCUT2D eigenvalue weighted by Crippen LogP contribution is 2.31. The van der Waals surface area contributed by atoms with Gasteiger partial charge >= 0.3 is 0 Å². The summed E-state index contributed by atoms with van der Waals surface area (Å²) in [5.41, 5.74) is 2.03. The van der Waals surface area contributed by atoms with Gasteiger partial charge in [0, 0.05) is 19.1 Å². The Morgan fingerprint density at radius 2 is 2.05 bits per heavy atom. The second-order valence-electron chi connectivity index (χ2n) is 4.38. The van der Waals surface area contributed by atoms with Crippen LogP contribution in [-0.2, 0) is 0 Å². The van der Waals surface area contributed by atoms with E-state index >= 15 is 0 Å². The molecule has 0 aliphatic heterocycles. The lowest BCUT2D eigenvalue weighted by molar-refractivity contribution is 0.102. The summed E-state index contributed by atoms with van der Waals surface area (Å²) in [6.45, 7) is 1.87. The molecule has 0 radical (unpaired) electrons. The van der Waals surface area contributed by atoms with E-state index in [1.54, 1.807) is 12.1 Å². The van der Waals surface area contributed by atoms with Crippen LogP contribution in [0.1, 0.15) is 15.9 Å². The van der Waals surface area contributed by atoms with Crippen molar-refractivity contribution in [3.63, 3.8) is 0 Å². The summed E-state index contributed by atoms with van der Waals surface area (Å²) in [4.78, 5) is 12.4. The molecule has 0 unspecified atom stereocenters. The minimum Gasteiger partial charge on any atom is -0.495 e. The van der Waals surface area contributed by atoms with Crippen LogP contribution >= 0.6 is 50.1 Å². The summed E-state index contributed by atoms with van der Waals surface area (Å²) in [7, 11) is 1.54. The highest BCUT2D eigenvalue weighted by atomic mass is 127. The van der Waals surface area contributed by atoms with Crippen LogP contribution < -0.4 is 10.1 Å². The van der Waals surface area contributed by atoms with E-state index in [4.69, 9.17) is 16.3 Å². The van der Waals surface area contributed by atoms with Crippen molar-refractivity contribution in [2.75, 3.05) is 12.4 Å². The molecule has 3 nitrogen and oxygen atoms in total. The fraction of sp³-hybridized carbons (Fsp3) is 0.133. The second kappa shape index (κ2) is 6.98. The molecule has 1 amide bonds. The number of methoxy groups -OCH3 is 1. The molecule has 0 bridgehead atoms. The van der Waals surface area contributed by atoms with Crippen LogP contribution in [0.25, 0.3) is 0 Å². The summed E-state index contributed by atoms with van der Waals surface area (Å²) < 4.78 is 6.99. The molecule has 0 spiro atoms. The van der Waals surface area contributed by atoms with Crippen LogP contribution in [0.2, 0.25) is 5.02 Å². The second-order valence-corrected chi connectivity index (χ2v) is 6.89. The van der Waals surface area contributed by atoms with Gasteiger partial charge in [0.1, 0.15) is 5.75 Å². The van der Waals surface area contributed by atoms with Crippen LogP contribution in [-0.4, -0.2) is 13.0 Å². The Labute approximate surface area is 150 Å². The molecule has 110 valence electrons. The molecule has 0 saturated carbocycles. The molecule has 0 atom stereocenters. The Bertz CT molecular complexity index is 706. The highest BCUT2D eigenvalue weighted by molar-refractivity contribution is 14.1. The summed E-state index contributed by atoms with van der Waals surface area (Å²) >= 11 is 11.6. The van der Waals surface area contributed by atoms with E-state index in [0.717, 1.165) is 13.6 Å². The minimum absolute atomic E-state index is 0.208. The summed E-state index contributed by atoms with van der Waals surface area (Å²) in [6, 6.07) is 9.07. The number of rotatable bonds is 3. The van der Waals surface area contributed by atoms with E-state index in [0.29, 0.717) is 22.0 Å². The van der Waals surface area contributed by atoms with Gasteiger partial charge in [0.05, 0.1) is 18.4 Å². The summed E-state index contributed by atoms with van der Waals surface area (Å²) in [6.07, 6.45) is 0. The number of carbonyl (C=O) groups excluding carboxylic acids is 1. The quantitative estimate of drug-likeness (QED) is 0.608. The Morgan fingerprint density at radius 3 is 2.71 bits per heavy atom. The van der Waals surface area contributed by atoms with E-state index in [9.17, 15) is 4.79 Å². The van der Waals surface area contributed by atoms with Crippen LogP contribution in [0.3, 0.4) is 0 Å². The maximum absolute atomic E-state index is 12.4. The Hall–Kier alpha value is -0.790. The van der Waals surface area contributed by atoms with Crippen LogP contribution in [0.5, 0.6) is 5.75 Å². The zero-order chi connectivity index (χ0) is 15.6. The molecular formula is C15H12BrClINO2. The van der Waals surface area contributed by atoms with Crippen molar-refractivity contribution in [1.82, 2.24) is 0 Å². The lowest BCUT2D eigenvalue weighted by Gasteiger charge is -2.13. The zero-order valence-electron chi connectivity index (χ0n) is 11.3. The third-order valence-corrected chi connectivity index (χ3v) is 4.67. The monoisotopic (exact) mass is 479 g/mol. The standard InChI is InChI=1S/C15H12BrClINO2/c1-8-5-13(14(21-2)7-12(8)17)19-15(20)10-6-9(18)3-4-11(10)16/h3-7H,1-2H3,(H,19,20). The molecule has 1 N–H and O–H groups in total. The Balaban J connectivity index is 2.35. The van der Waals surface area contributed by atoms with Gasteiger partial charge in [-0.3, -0.25) is 4.79 Å². The fourth-order valence-electron chi connectivity index (χ4n) is 1.79. The normalized spacial score (nSPS) is 10.3. The number of amides is 1. The number of halogens is 3. The molecule has 2 rings (SSSR count). The molecule has 21 heavy (non-hydrogen) atoms. The van der Waals surface area contributed by atoms with Gasteiger partial charge in [0.25, 0.3) is 5.91 Å². The van der Waals surface area contributed by atoms with Crippen LogP contribution in [0.4, 0.5) is 5.69 Å². The SMILES string of the molecule is COc1cc(Cl)c(C)cc1NC(=O)c1cc(I)ccc1Br. The molecule has 2 aromatic rings. The summed E-state index contributed by atoms with van der Waals surface area (Å²) in [5.74, 6) is 0.320. The fourth-order valence-corrected chi connectivity index (χ4v) is 2.86. The van der Waals surface area contributed by atoms with E-state index in [-0.39, 0.29) is 5.91 Å². The van der Waals surface area contributed by atoms with Gasteiger partial charge in [-0.2, -0.15) is 0 Å². The molecular weight excluding hydrogens is 468 g/mol. The largest absolute Gasteiger partial charge is 0.495 e. The zero-order valence-corrected chi connectivity index (χ0v) is 15.8. The van der Waals surface area contributed by atoms with Gasteiger partial charge in [0.15, 0.2) is 0 Å². The molecule has 0 aliphatic rings. The summed E-state index contributed by atoms with van der Waals surface area (Å²) in [5, 5.41) is 3.46. The minimum atomic E-state index is -0.208. The van der Waals surface area contributed by atoms with Crippen molar-refractivity contribution in [1.29, 1.82) is 0 Å². The third-order valence-electron chi connectivity index (χ3n) is 2.90. The maximum atomic E-state index is 12.4. The van der Waals surface area contributed by atoms with Crippen LogP contribution in [0, 0.1) is 10.5 Å². The van der Waals surface area contributed by atoms with Gasteiger partial charge in [-0.25, -0.2) is 0 Å². The molecule has 6 heteroatoms. The van der Waals surface area contributed by atoms with E-state index < -0.39 is 0 Å². The molecule has 0 fully saturated rings. The number of hydrogen-bond donors (Lipinski definition) is 1. The van der Waals surface area contributed by atoms with Crippen LogP contribution in [0.15, 0.2) is 34.8 Å². The Kier molecular flexibility index (Phi) is 5.51. The van der Waals surface area contributed by atoms with Gasteiger partial charge in [-0.1, -0.05) is 11.6 Å². The highest BCUT2D eigenvalue weighted by Gasteiger charge is 2.14. The van der Waals surface area contributed by atoms with Crippen molar-refractivity contribution >= 4 is 61.7 Å². The lowest BCUT2D eigenvalue weighted by Crippen LogP contribution is -2.13. The average molecular weight is 481 g/mol. The molecule has 0 aromatic heterocycles. The van der Waals surface area contributed by atoms with Crippen molar-refractivity contribution in [3.05, 3.63) is 54.5 Å². The lowest BCUT2D eigenvalue weighted by atomic mass is 10.1. The van der Waals surface area contributed by atoms with Crippen molar-refractivity contribution in [2.45, 2.75) is 6.92 Å². The maximum Gasteiger partial charge on any atom is 0.256 e. The number of nitrogens with one attached hydrogen (secondary N) is 1. The first-order valence-corrected chi connectivity index (χ1v) is 8.28. The number of anilines is 1. The van der Waals surface area contributed by atoms with Crippen molar-refractivity contribution in [3.8, 4) is 5.75 Å². The first kappa shape index (κ1) is 16.6. The van der Waals surface area contributed by atoms with E-state index in [1.165, 1.54) is 7.11 Å². The first-order chi connectivity index (χ1) is 9.92. The number of aryl methyl sites for hydroxylation is 1. The number of benzene rings is 2. The van der Waals surface area contributed by atoms with Gasteiger partial charge in [0.2, 0.25) is 0 Å². The predicted octanol–water partition coefficient (Wildman–Crippen LogP) is 5.28. The number of carbonyl (C=O) groups is 1. The van der Waals surface area contributed by atoms with Gasteiger partial charge < -0.3 is 10.1 Å².